The Hall–Kier alpha value is -3.49. The SMILES string of the molecule is CN(Cc1ccccc1N1CCOCC1)C(=O)Cn1cnc2sc(-c3ccccc3)cc2c1=O. The van der Waals surface area contributed by atoms with Gasteiger partial charge in [0.05, 0.1) is 24.9 Å². The maximum Gasteiger partial charge on any atom is 0.262 e. The molecule has 2 aromatic heterocycles. The molecule has 0 unspecified atom stereocenters. The molecule has 0 aliphatic carbocycles. The first kappa shape index (κ1) is 22.3. The molecule has 1 aliphatic heterocycles. The highest BCUT2D eigenvalue weighted by Gasteiger charge is 2.18. The Kier molecular flexibility index (Phi) is 6.42. The third kappa shape index (κ3) is 4.60. The van der Waals surface area contributed by atoms with E-state index in [9.17, 15) is 9.59 Å². The Morgan fingerprint density at radius 3 is 2.62 bits per heavy atom. The predicted molar refractivity (Wildman–Crippen MR) is 135 cm³/mol. The van der Waals surface area contributed by atoms with Crippen LogP contribution < -0.4 is 10.5 Å². The first-order valence-electron chi connectivity index (χ1n) is 11.3. The summed E-state index contributed by atoms with van der Waals surface area (Å²) in [4.78, 5) is 36.2. The minimum absolute atomic E-state index is 0.0471. The summed E-state index contributed by atoms with van der Waals surface area (Å²) in [6, 6.07) is 19.9. The molecule has 5 rings (SSSR count). The summed E-state index contributed by atoms with van der Waals surface area (Å²) in [7, 11) is 1.77. The van der Waals surface area contributed by atoms with E-state index in [0.717, 1.165) is 34.8 Å². The molecule has 7 nitrogen and oxygen atoms in total. The molecule has 8 heteroatoms. The van der Waals surface area contributed by atoms with Crippen molar-refractivity contribution in [2.24, 2.45) is 0 Å². The van der Waals surface area contributed by atoms with Gasteiger partial charge in [0.15, 0.2) is 0 Å². The first-order valence-corrected chi connectivity index (χ1v) is 12.1. The van der Waals surface area contributed by atoms with Crippen LogP contribution in [0.4, 0.5) is 5.69 Å². The van der Waals surface area contributed by atoms with Crippen LogP contribution in [0.25, 0.3) is 20.7 Å². The number of benzene rings is 2. The van der Waals surface area contributed by atoms with E-state index in [2.05, 4.69) is 16.0 Å². The maximum absolute atomic E-state index is 13.1. The summed E-state index contributed by atoms with van der Waals surface area (Å²) in [6.07, 6.45) is 1.48. The van der Waals surface area contributed by atoms with Crippen molar-refractivity contribution in [1.29, 1.82) is 0 Å². The Morgan fingerprint density at radius 1 is 1.09 bits per heavy atom. The van der Waals surface area contributed by atoms with Crippen molar-refractivity contribution >= 4 is 33.1 Å². The summed E-state index contributed by atoms with van der Waals surface area (Å²) in [6.45, 7) is 3.50. The molecule has 4 aromatic rings. The van der Waals surface area contributed by atoms with E-state index in [-0.39, 0.29) is 18.0 Å². The van der Waals surface area contributed by atoms with E-state index in [1.807, 2.05) is 54.6 Å². The lowest BCUT2D eigenvalue weighted by Gasteiger charge is -2.31. The number of thiophene rings is 1. The molecule has 0 radical (unpaired) electrons. The Labute approximate surface area is 201 Å². The fraction of sp³-hybridized carbons (Fsp3) is 0.269. The lowest BCUT2D eigenvalue weighted by atomic mass is 10.1. The number of morpholine rings is 1. The van der Waals surface area contributed by atoms with Crippen LogP contribution in [0.1, 0.15) is 5.56 Å². The number of carbonyl (C=O) groups is 1. The molecule has 0 N–H and O–H groups in total. The van der Waals surface area contributed by atoms with E-state index >= 15 is 0 Å². The van der Waals surface area contributed by atoms with Gasteiger partial charge in [0, 0.05) is 37.2 Å². The molecule has 0 bridgehead atoms. The van der Waals surface area contributed by atoms with Gasteiger partial charge in [-0.05, 0) is 23.3 Å². The number of ether oxygens (including phenoxy) is 1. The second-order valence-corrected chi connectivity index (χ2v) is 9.38. The van der Waals surface area contributed by atoms with Crippen molar-refractivity contribution in [1.82, 2.24) is 14.5 Å². The molecule has 1 aliphatic rings. The van der Waals surface area contributed by atoms with Crippen molar-refractivity contribution in [3.63, 3.8) is 0 Å². The van der Waals surface area contributed by atoms with Crippen molar-refractivity contribution in [3.05, 3.63) is 82.9 Å². The average molecular weight is 475 g/mol. The van der Waals surface area contributed by atoms with Gasteiger partial charge in [-0.1, -0.05) is 48.5 Å². The normalized spacial score (nSPS) is 13.9. The van der Waals surface area contributed by atoms with E-state index in [1.165, 1.54) is 22.2 Å². The van der Waals surface area contributed by atoms with Crippen LogP contribution in [-0.4, -0.2) is 53.7 Å². The number of fused-ring (bicyclic) bond motifs is 1. The topological polar surface area (TPSA) is 67.7 Å². The van der Waals surface area contributed by atoms with Crippen molar-refractivity contribution in [3.8, 4) is 10.4 Å². The number of nitrogens with zero attached hydrogens (tertiary/aromatic N) is 4. The monoisotopic (exact) mass is 474 g/mol. The molecule has 2 aromatic carbocycles. The van der Waals surface area contributed by atoms with Gasteiger partial charge in [0.1, 0.15) is 11.4 Å². The third-order valence-electron chi connectivity index (χ3n) is 6.06. The van der Waals surface area contributed by atoms with Gasteiger partial charge in [-0.3, -0.25) is 14.2 Å². The summed E-state index contributed by atoms with van der Waals surface area (Å²) in [5.41, 5.74) is 3.05. The van der Waals surface area contributed by atoms with Crippen LogP contribution in [0, 0.1) is 0 Å². The van der Waals surface area contributed by atoms with Crippen LogP contribution in [0.3, 0.4) is 0 Å². The van der Waals surface area contributed by atoms with E-state index in [0.29, 0.717) is 30.0 Å². The number of anilines is 1. The molecule has 1 fully saturated rings. The summed E-state index contributed by atoms with van der Waals surface area (Å²) in [5.74, 6) is -0.140. The quantitative estimate of drug-likeness (QED) is 0.427. The summed E-state index contributed by atoms with van der Waals surface area (Å²) >= 11 is 1.48. The van der Waals surface area contributed by atoms with Gasteiger partial charge < -0.3 is 14.5 Å². The number of rotatable bonds is 6. The predicted octanol–water partition coefficient (Wildman–Crippen LogP) is 3.62. The summed E-state index contributed by atoms with van der Waals surface area (Å²) in [5, 5.41) is 0.541. The fourth-order valence-electron chi connectivity index (χ4n) is 4.18. The number of para-hydroxylation sites is 1. The Balaban J connectivity index is 1.33. The van der Waals surface area contributed by atoms with Crippen LogP contribution in [0.5, 0.6) is 0 Å². The number of amides is 1. The summed E-state index contributed by atoms with van der Waals surface area (Å²) < 4.78 is 6.87. The molecular formula is C26H26N4O3S. The molecule has 0 saturated carbocycles. The standard InChI is InChI=1S/C26H26N4O3S/c1-28(16-20-9-5-6-10-22(20)29-11-13-33-14-12-29)24(31)17-30-18-27-25-21(26(30)32)15-23(34-25)19-7-3-2-4-8-19/h2-10,15,18H,11-14,16-17H2,1H3. The molecule has 3 heterocycles. The molecule has 0 spiro atoms. The van der Waals surface area contributed by atoms with Crippen molar-refractivity contribution < 1.29 is 9.53 Å². The molecule has 1 amide bonds. The average Bonchev–Trinajstić information content (AvgIpc) is 3.32. The van der Waals surface area contributed by atoms with E-state index in [1.54, 1.807) is 11.9 Å². The zero-order chi connectivity index (χ0) is 23.5. The van der Waals surface area contributed by atoms with E-state index in [4.69, 9.17) is 4.74 Å². The van der Waals surface area contributed by atoms with Gasteiger partial charge in [-0.2, -0.15) is 0 Å². The molecule has 1 saturated heterocycles. The van der Waals surface area contributed by atoms with Gasteiger partial charge in [-0.15, -0.1) is 11.3 Å². The van der Waals surface area contributed by atoms with Gasteiger partial charge in [-0.25, -0.2) is 4.98 Å². The molecule has 0 atom stereocenters. The Bertz CT molecular complexity index is 1360. The van der Waals surface area contributed by atoms with Crippen molar-refractivity contribution in [2.45, 2.75) is 13.1 Å². The first-order chi connectivity index (χ1) is 16.6. The maximum atomic E-state index is 13.1. The largest absolute Gasteiger partial charge is 0.378 e. The van der Waals surface area contributed by atoms with Gasteiger partial charge >= 0.3 is 0 Å². The van der Waals surface area contributed by atoms with Crippen LogP contribution >= 0.6 is 11.3 Å². The lowest BCUT2D eigenvalue weighted by molar-refractivity contribution is -0.131. The zero-order valence-electron chi connectivity index (χ0n) is 19.0. The highest BCUT2D eigenvalue weighted by atomic mass is 32.1. The van der Waals surface area contributed by atoms with Crippen LogP contribution in [-0.2, 0) is 22.6 Å². The molecular weight excluding hydrogens is 448 g/mol. The number of hydrogen-bond donors (Lipinski definition) is 0. The number of likely N-dealkylation sites (N-methyl/N-ethyl adjacent to an activating group) is 1. The molecule has 34 heavy (non-hydrogen) atoms. The van der Waals surface area contributed by atoms with E-state index < -0.39 is 0 Å². The number of hydrogen-bond acceptors (Lipinski definition) is 6. The van der Waals surface area contributed by atoms with Crippen molar-refractivity contribution in [2.75, 3.05) is 38.3 Å². The van der Waals surface area contributed by atoms with Crippen LogP contribution in [0.2, 0.25) is 0 Å². The van der Waals surface area contributed by atoms with Crippen LogP contribution in [0.15, 0.2) is 71.8 Å². The highest BCUT2D eigenvalue weighted by Crippen LogP contribution is 2.30. The minimum atomic E-state index is -0.195. The second kappa shape index (κ2) is 9.79. The minimum Gasteiger partial charge on any atom is -0.378 e. The number of carbonyl (C=O) groups excluding carboxylic acids is 1. The molecule has 174 valence electrons. The lowest BCUT2D eigenvalue weighted by Crippen LogP contribution is -2.38. The second-order valence-electron chi connectivity index (χ2n) is 8.35. The third-order valence-corrected chi connectivity index (χ3v) is 7.15. The Morgan fingerprint density at radius 2 is 1.82 bits per heavy atom. The van der Waals surface area contributed by atoms with Gasteiger partial charge in [0.25, 0.3) is 5.56 Å². The zero-order valence-corrected chi connectivity index (χ0v) is 19.8. The smallest absolute Gasteiger partial charge is 0.262 e. The fourth-order valence-corrected chi connectivity index (χ4v) is 5.18. The van der Waals surface area contributed by atoms with Gasteiger partial charge in [0.2, 0.25) is 5.91 Å². The number of aromatic nitrogens is 2. The highest BCUT2D eigenvalue weighted by molar-refractivity contribution is 7.21.